The molecular formula is CH6BrNPb. The molecule has 0 unspecified atom stereocenters. The molecule has 1 nitrogen and oxygen atoms in total. The van der Waals surface area contributed by atoms with Crippen molar-refractivity contribution in [3.05, 3.63) is 0 Å². The van der Waals surface area contributed by atoms with E-state index in [-0.39, 0.29) is 27.3 Å². The molecule has 0 saturated heterocycles. The zero-order chi connectivity index (χ0) is 2.71. The molecule has 0 spiro atoms. The van der Waals surface area contributed by atoms with Gasteiger partial charge in [0.25, 0.3) is 0 Å². The Labute approximate surface area is 54.6 Å². The van der Waals surface area contributed by atoms with Crippen molar-refractivity contribution < 1.29 is 0 Å². The van der Waals surface area contributed by atoms with Crippen LogP contribution in [0.1, 0.15) is 0 Å². The Morgan fingerprint density at radius 3 is 1.75 bits per heavy atom. The predicted molar refractivity (Wildman–Crippen MR) is 26.5 cm³/mol. The molecule has 0 fully saturated rings. The van der Waals surface area contributed by atoms with Crippen LogP contribution in [0.5, 0.6) is 0 Å². The Morgan fingerprint density at radius 2 is 1.75 bits per heavy atom. The fourth-order valence-corrected chi connectivity index (χ4v) is 0. The van der Waals surface area contributed by atoms with Gasteiger partial charge in [-0.3, -0.25) is 4.34 Å². The molecule has 0 rings (SSSR count). The van der Waals surface area contributed by atoms with Crippen LogP contribution in [-0.4, -0.2) is 34.3 Å². The summed E-state index contributed by atoms with van der Waals surface area (Å²) >= 11 is 2.90. The Morgan fingerprint density at radius 1 is 1.75 bits per heavy atom. The summed E-state index contributed by atoms with van der Waals surface area (Å²) in [5.41, 5.74) is 0. The van der Waals surface area contributed by atoms with Gasteiger partial charge in [0.2, 0.25) is 0 Å². The van der Waals surface area contributed by atoms with E-state index in [1.54, 1.807) is 7.05 Å². The van der Waals surface area contributed by atoms with E-state index >= 15 is 0 Å². The second-order valence-corrected chi connectivity index (χ2v) is 0.982. The van der Waals surface area contributed by atoms with Crippen molar-refractivity contribution in [2.45, 2.75) is 0 Å². The molecule has 0 aromatic rings. The fraction of sp³-hybridized carbons (Fsp3) is 1.00. The van der Waals surface area contributed by atoms with Crippen LogP contribution in [0.2, 0.25) is 0 Å². The van der Waals surface area contributed by atoms with E-state index in [0.29, 0.717) is 0 Å². The molecule has 0 atom stereocenters. The van der Waals surface area contributed by atoms with E-state index in [0.717, 1.165) is 0 Å². The van der Waals surface area contributed by atoms with E-state index < -0.39 is 0 Å². The zero-order valence-electron chi connectivity index (χ0n) is 2.59. The van der Waals surface area contributed by atoms with Crippen molar-refractivity contribution in [3.63, 3.8) is 0 Å². The van der Waals surface area contributed by atoms with Gasteiger partial charge in [-0.15, -0.1) is 0 Å². The second kappa shape index (κ2) is 8.84. The fourth-order valence-electron chi connectivity index (χ4n) is 0. The van der Waals surface area contributed by atoms with Gasteiger partial charge in [0.1, 0.15) is 0 Å². The molecule has 2 radical (unpaired) electrons. The molecule has 0 aromatic heterocycles. The molecule has 1 N–H and O–H groups in total. The normalized spacial score (nSPS) is 4.50. The molecule has 0 aromatic carbocycles. The standard InChI is InChI=1S/CH4BrN.Pb.2H/c1-3-2;;;/h3H,1H3;;;. The average Bonchev–Trinajstić information content (AvgIpc) is 0.918. The van der Waals surface area contributed by atoms with E-state index in [2.05, 4.69) is 20.5 Å². The van der Waals surface area contributed by atoms with Crippen molar-refractivity contribution in [1.29, 1.82) is 0 Å². The van der Waals surface area contributed by atoms with E-state index in [1.165, 1.54) is 0 Å². The summed E-state index contributed by atoms with van der Waals surface area (Å²) < 4.78 is 2.56. The summed E-state index contributed by atoms with van der Waals surface area (Å²) in [5, 5.41) is 0. The minimum atomic E-state index is 0. The average molecular weight is 319 g/mol. The first-order valence-corrected chi connectivity index (χ1v) is 1.48. The summed E-state index contributed by atoms with van der Waals surface area (Å²) in [7, 11) is 1.79. The van der Waals surface area contributed by atoms with Crippen LogP contribution >= 0.6 is 16.1 Å². The van der Waals surface area contributed by atoms with Gasteiger partial charge in [-0.05, 0) is 7.05 Å². The van der Waals surface area contributed by atoms with Crippen LogP contribution in [0.15, 0.2) is 0 Å². The van der Waals surface area contributed by atoms with Crippen molar-refractivity contribution in [2.75, 3.05) is 7.05 Å². The quantitative estimate of drug-likeness (QED) is 0.473. The van der Waals surface area contributed by atoms with Crippen LogP contribution in [0.3, 0.4) is 0 Å². The Bertz CT molecular complexity index is 8.00. The van der Waals surface area contributed by atoms with E-state index in [4.69, 9.17) is 0 Å². The number of rotatable bonds is 0. The van der Waals surface area contributed by atoms with Crippen molar-refractivity contribution in [3.8, 4) is 0 Å². The van der Waals surface area contributed by atoms with Crippen molar-refractivity contribution >= 4 is 43.4 Å². The Hall–Kier alpha value is 1.36. The maximum atomic E-state index is 2.90. The van der Waals surface area contributed by atoms with Crippen molar-refractivity contribution in [2.24, 2.45) is 0 Å². The summed E-state index contributed by atoms with van der Waals surface area (Å²) in [6, 6.07) is 0. The van der Waals surface area contributed by atoms with Gasteiger partial charge in [-0.25, -0.2) is 0 Å². The molecule has 0 bridgehead atoms. The SMILES string of the molecule is CNBr.[PbH2]. The molecular weight excluding hydrogens is 313 g/mol. The zero-order valence-corrected chi connectivity index (χ0v) is 9.67. The van der Waals surface area contributed by atoms with Gasteiger partial charge < -0.3 is 0 Å². The van der Waals surface area contributed by atoms with Gasteiger partial charge in [0, 0.05) is 16.1 Å². The first kappa shape index (κ1) is 9.03. The van der Waals surface area contributed by atoms with Crippen LogP contribution in [0.25, 0.3) is 0 Å². The molecule has 26 valence electrons. The van der Waals surface area contributed by atoms with E-state index in [1.807, 2.05) is 0 Å². The van der Waals surface area contributed by atoms with Crippen LogP contribution < -0.4 is 4.34 Å². The third-order valence-electron chi connectivity index (χ3n) is 0. The van der Waals surface area contributed by atoms with Crippen LogP contribution in [0.4, 0.5) is 0 Å². The molecule has 0 saturated carbocycles. The molecule has 0 amide bonds. The molecule has 0 aliphatic heterocycles. The van der Waals surface area contributed by atoms with Gasteiger partial charge in [-0.2, -0.15) is 0 Å². The summed E-state index contributed by atoms with van der Waals surface area (Å²) in [6.07, 6.45) is 0. The summed E-state index contributed by atoms with van der Waals surface area (Å²) in [5.74, 6) is 0. The topological polar surface area (TPSA) is 12.0 Å². The first-order valence-electron chi connectivity index (χ1n) is 0.689. The molecule has 0 heterocycles. The van der Waals surface area contributed by atoms with Gasteiger partial charge in [0.15, 0.2) is 0 Å². The van der Waals surface area contributed by atoms with Gasteiger partial charge in [0.05, 0.1) is 0 Å². The second-order valence-electron chi connectivity index (χ2n) is 0.189. The third kappa shape index (κ3) is 10.1. The summed E-state index contributed by atoms with van der Waals surface area (Å²) in [4.78, 5) is 0. The predicted octanol–water partition coefficient (Wildman–Crippen LogP) is -0.401. The first-order chi connectivity index (χ1) is 1.41. The molecule has 4 heavy (non-hydrogen) atoms. The number of halogens is 1. The van der Waals surface area contributed by atoms with Gasteiger partial charge in [-0.1, -0.05) is 0 Å². The number of hydrogen-bond donors (Lipinski definition) is 1. The molecule has 0 aliphatic carbocycles. The maximum absolute atomic E-state index is 2.90. The molecule has 3 heteroatoms. The monoisotopic (exact) mass is 319 g/mol. The van der Waals surface area contributed by atoms with Crippen LogP contribution in [-0.2, 0) is 0 Å². The minimum absolute atomic E-state index is 0. The summed E-state index contributed by atoms with van der Waals surface area (Å²) in [6.45, 7) is 0. The molecule has 0 aliphatic rings. The van der Waals surface area contributed by atoms with Crippen LogP contribution in [0, 0.1) is 0 Å². The Balaban J connectivity index is 0. The number of nitrogens with one attached hydrogen (secondary N) is 1. The van der Waals surface area contributed by atoms with Crippen molar-refractivity contribution in [1.82, 2.24) is 4.34 Å². The third-order valence-corrected chi connectivity index (χ3v) is 0. The number of hydrogen-bond acceptors (Lipinski definition) is 1. The van der Waals surface area contributed by atoms with E-state index in [9.17, 15) is 0 Å². The van der Waals surface area contributed by atoms with Gasteiger partial charge >= 0.3 is 27.3 Å². The Kier molecular flexibility index (Phi) is 19.9.